The fraction of sp³-hybridized carbons (Fsp3) is 0.444. The van der Waals surface area contributed by atoms with Crippen molar-refractivity contribution in [2.45, 2.75) is 46.1 Å². The Morgan fingerprint density at radius 3 is 2.81 bits per heavy atom. The molecule has 0 aliphatic heterocycles. The van der Waals surface area contributed by atoms with E-state index in [1.54, 1.807) is 12.3 Å². The van der Waals surface area contributed by atoms with Crippen molar-refractivity contribution in [2.24, 2.45) is 0 Å². The van der Waals surface area contributed by atoms with Gasteiger partial charge in [0.2, 0.25) is 5.78 Å². The Morgan fingerprint density at radius 1 is 1.23 bits per heavy atom. The van der Waals surface area contributed by atoms with Gasteiger partial charge in [-0.05, 0) is 25.0 Å². The van der Waals surface area contributed by atoms with Crippen LogP contribution in [0.25, 0.3) is 5.78 Å². The van der Waals surface area contributed by atoms with Gasteiger partial charge in [0.25, 0.3) is 5.56 Å². The molecule has 0 unspecified atom stereocenters. The number of nitrogens with zero attached hydrogens (tertiary/aromatic N) is 5. The lowest BCUT2D eigenvalue weighted by molar-refractivity contribution is 0.282. The number of halogens is 1. The van der Waals surface area contributed by atoms with Gasteiger partial charge >= 0.3 is 6.01 Å². The van der Waals surface area contributed by atoms with Crippen LogP contribution < -0.4 is 10.3 Å². The standard InChI is InChI=1S/C18H22ClN5O2/c1-3-4-5-6-9-26-17-21-18-23(12-14-7-8-15(19)20-11-14)13(2)10-16(25)24(18)22-17/h7-8,10-11H,3-6,9,12H2,1-2H3. The third kappa shape index (κ3) is 4.22. The van der Waals surface area contributed by atoms with Crippen molar-refractivity contribution in [3.05, 3.63) is 51.2 Å². The summed E-state index contributed by atoms with van der Waals surface area (Å²) in [4.78, 5) is 20.7. The van der Waals surface area contributed by atoms with Crippen LogP contribution in [-0.4, -0.2) is 30.8 Å². The Morgan fingerprint density at radius 2 is 2.08 bits per heavy atom. The molecule has 3 aromatic rings. The van der Waals surface area contributed by atoms with Crippen LogP contribution in [0.2, 0.25) is 5.15 Å². The summed E-state index contributed by atoms with van der Waals surface area (Å²) in [5, 5.41) is 4.64. The Hall–Kier alpha value is -2.41. The molecule has 0 saturated carbocycles. The first-order chi connectivity index (χ1) is 12.6. The fourth-order valence-corrected chi connectivity index (χ4v) is 2.83. The van der Waals surface area contributed by atoms with Crippen LogP contribution in [0.1, 0.15) is 43.9 Å². The number of pyridine rings is 1. The van der Waals surface area contributed by atoms with Gasteiger partial charge in [-0.3, -0.25) is 4.79 Å². The van der Waals surface area contributed by atoms with Gasteiger partial charge in [0.15, 0.2) is 0 Å². The van der Waals surface area contributed by atoms with E-state index in [4.69, 9.17) is 16.3 Å². The molecule has 26 heavy (non-hydrogen) atoms. The zero-order valence-electron chi connectivity index (χ0n) is 15.0. The minimum Gasteiger partial charge on any atom is -0.462 e. The van der Waals surface area contributed by atoms with E-state index in [2.05, 4.69) is 22.0 Å². The van der Waals surface area contributed by atoms with Gasteiger partial charge in [-0.2, -0.15) is 9.50 Å². The molecule has 0 amide bonds. The average molecular weight is 376 g/mol. The van der Waals surface area contributed by atoms with Gasteiger partial charge < -0.3 is 9.30 Å². The van der Waals surface area contributed by atoms with Crippen molar-refractivity contribution in [2.75, 3.05) is 6.61 Å². The number of aryl methyl sites for hydroxylation is 1. The Kier molecular flexibility index (Phi) is 5.88. The summed E-state index contributed by atoms with van der Waals surface area (Å²) < 4.78 is 8.81. The van der Waals surface area contributed by atoms with E-state index in [0.717, 1.165) is 24.1 Å². The SMILES string of the molecule is CCCCCCOc1nc2n(Cc3ccc(Cl)nc3)c(C)cc(=O)n2n1. The maximum absolute atomic E-state index is 12.2. The quantitative estimate of drug-likeness (QED) is 0.446. The highest BCUT2D eigenvalue weighted by Gasteiger charge is 2.13. The second-order valence-electron chi connectivity index (χ2n) is 6.21. The summed E-state index contributed by atoms with van der Waals surface area (Å²) >= 11 is 5.84. The van der Waals surface area contributed by atoms with Crippen LogP contribution in [-0.2, 0) is 6.54 Å². The lowest BCUT2D eigenvalue weighted by Crippen LogP contribution is -2.20. The van der Waals surface area contributed by atoms with Gasteiger partial charge in [-0.25, -0.2) is 4.98 Å². The molecule has 0 aliphatic carbocycles. The lowest BCUT2D eigenvalue weighted by atomic mass is 10.2. The molecule has 0 N–H and O–H groups in total. The number of ether oxygens (including phenoxy) is 1. The molecule has 138 valence electrons. The molecule has 3 rings (SSSR count). The van der Waals surface area contributed by atoms with E-state index in [-0.39, 0.29) is 11.6 Å². The maximum atomic E-state index is 12.2. The van der Waals surface area contributed by atoms with Crippen molar-refractivity contribution >= 4 is 17.4 Å². The second-order valence-corrected chi connectivity index (χ2v) is 6.60. The molecule has 0 aliphatic rings. The van der Waals surface area contributed by atoms with E-state index in [1.165, 1.54) is 23.4 Å². The molecule has 0 atom stereocenters. The van der Waals surface area contributed by atoms with Gasteiger partial charge in [-0.15, -0.1) is 5.10 Å². The van der Waals surface area contributed by atoms with Crippen molar-refractivity contribution in [3.8, 4) is 6.01 Å². The predicted molar refractivity (Wildman–Crippen MR) is 100.0 cm³/mol. The molecule has 0 fully saturated rings. The van der Waals surface area contributed by atoms with Gasteiger partial charge in [0.1, 0.15) is 5.15 Å². The number of fused-ring (bicyclic) bond motifs is 1. The minimum absolute atomic E-state index is 0.226. The highest BCUT2D eigenvalue weighted by atomic mass is 35.5. The largest absolute Gasteiger partial charge is 0.462 e. The summed E-state index contributed by atoms with van der Waals surface area (Å²) in [7, 11) is 0. The van der Waals surface area contributed by atoms with Gasteiger partial charge in [0, 0.05) is 18.0 Å². The van der Waals surface area contributed by atoms with Crippen molar-refractivity contribution in [1.29, 1.82) is 0 Å². The van der Waals surface area contributed by atoms with Gasteiger partial charge in [0.05, 0.1) is 13.2 Å². The van der Waals surface area contributed by atoms with E-state index < -0.39 is 0 Å². The molecule has 0 saturated heterocycles. The summed E-state index contributed by atoms with van der Waals surface area (Å²) in [6.45, 7) is 5.09. The van der Waals surface area contributed by atoms with E-state index in [0.29, 0.717) is 24.1 Å². The third-order valence-corrected chi connectivity index (χ3v) is 4.36. The van der Waals surface area contributed by atoms with E-state index in [9.17, 15) is 4.79 Å². The van der Waals surface area contributed by atoms with Crippen molar-refractivity contribution in [1.82, 2.24) is 24.1 Å². The number of rotatable bonds is 8. The minimum atomic E-state index is -0.226. The van der Waals surface area contributed by atoms with Crippen LogP contribution in [0.15, 0.2) is 29.2 Å². The molecular formula is C18H22ClN5O2. The maximum Gasteiger partial charge on any atom is 0.337 e. The lowest BCUT2D eigenvalue weighted by Gasteiger charge is -2.11. The smallest absolute Gasteiger partial charge is 0.337 e. The average Bonchev–Trinajstić information content (AvgIpc) is 3.05. The second kappa shape index (κ2) is 8.31. The summed E-state index contributed by atoms with van der Waals surface area (Å²) in [5.74, 6) is 0.452. The Balaban J connectivity index is 1.85. The highest BCUT2D eigenvalue weighted by molar-refractivity contribution is 6.29. The van der Waals surface area contributed by atoms with E-state index in [1.807, 2.05) is 17.6 Å². The molecule has 3 aromatic heterocycles. The van der Waals surface area contributed by atoms with Crippen molar-refractivity contribution in [3.63, 3.8) is 0 Å². The predicted octanol–water partition coefficient (Wildman–Crippen LogP) is 3.26. The monoisotopic (exact) mass is 375 g/mol. The van der Waals surface area contributed by atoms with E-state index >= 15 is 0 Å². The zero-order valence-corrected chi connectivity index (χ0v) is 15.7. The number of aromatic nitrogens is 5. The molecule has 3 heterocycles. The van der Waals surface area contributed by atoms with Crippen LogP contribution in [0.4, 0.5) is 0 Å². The molecule has 0 spiro atoms. The number of hydrogen-bond acceptors (Lipinski definition) is 5. The first-order valence-electron chi connectivity index (χ1n) is 8.79. The molecule has 0 bridgehead atoms. The third-order valence-electron chi connectivity index (χ3n) is 4.14. The number of hydrogen-bond donors (Lipinski definition) is 0. The molecular weight excluding hydrogens is 354 g/mol. The topological polar surface area (TPSA) is 74.3 Å². The van der Waals surface area contributed by atoms with Crippen LogP contribution in [0.5, 0.6) is 6.01 Å². The van der Waals surface area contributed by atoms with Crippen LogP contribution >= 0.6 is 11.6 Å². The zero-order chi connectivity index (χ0) is 18.5. The summed E-state index contributed by atoms with van der Waals surface area (Å²) in [6, 6.07) is 5.40. The molecule has 0 radical (unpaired) electrons. The molecule has 8 heteroatoms. The summed E-state index contributed by atoms with van der Waals surface area (Å²) in [5.41, 5.74) is 1.52. The number of unbranched alkanes of at least 4 members (excludes halogenated alkanes) is 3. The first-order valence-corrected chi connectivity index (χ1v) is 9.16. The van der Waals surface area contributed by atoms with Gasteiger partial charge in [-0.1, -0.05) is 43.9 Å². The van der Waals surface area contributed by atoms with Crippen LogP contribution in [0, 0.1) is 6.92 Å². The Bertz CT molecular complexity index is 933. The fourth-order valence-electron chi connectivity index (χ4n) is 2.71. The van der Waals surface area contributed by atoms with Crippen LogP contribution in [0.3, 0.4) is 0 Å². The molecule has 0 aromatic carbocycles. The molecule has 7 nitrogen and oxygen atoms in total. The normalized spacial score (nSPS) is 11.2. The van der Waals surface area contributed by atoms with Crippen molar-refractivity contribution < 1.29 is 4.74 Å². The first kappa shape index (κ1) is 18.4. The Labute approximate surface area is 156 Å². The summed E-state index contributed by atoms with van der Waals surface area (Å²) in [6.07, 6.45) is 6.12. The highest BCUT2D eigenvalue weighted by Crippen LogP contribution is 2.13.